The van der Waals surface area contributed by atoms with Crippen LogP contribution in [-0.2, 0) is 17.5 Å². The number of halogens is 3. The Morgan fingerprint density at radius 2 is 1.84 bits per heavy atom. The van der Waals surface area contributed by atoms with Crippen molar-refractivity contribution in [2.75, 3.05) is 18.3 Å². The fraction of sp³-hybridized carbons (Fsp3) is 0.227. The second-order valence-corrected chi connectivity index (χ2v) is 7.13. The number of carbonyl (C=O) groups excluding carboxylic acids is 1. The van der Waals surface area contributed by atoms with Crippen LogP contribution in [0.1, 0.15) is 23.0 Å². The Kier molecular flexibility index (Phi) is 4.53. The number of anilines is 1. The van der Waals surface area contributed by atoms with E-state index in [1.165, 1.54) is 11.0 Å². The van der Waals surface area contributed by atoms with Gasteiger partial charge in [-0.2, -0.15) is 13.2 Å². The minimum Gasteiger partial charge on any atom is -0.492 e. The van der Waals surface area contributed by atoms with E-state index < -0.39 is 17.9 Å². The number of nitrogens with zero attached hydrogens (tertiary/aromatic N) is 1. The summed E-state index contributed by atoms with van der Waals surface area (Å²) in [6.07, 6.45) is -4.58. The van der Waals surface area contributed by atoms with Crippen molar-refractivity contribution >= 4 is 11.6 Å². The van der Waals surface area contributed by atoms with Gasteiger partial charge < -0.3 is 23.5 Å². The van der Waals surface area contributed by atoms with E-state index in [2.05, 4.69) is 0 Å². The lowest BCUT2D eigenvalue weighted by Crippen LogP contribution is -2.30. The lowest BCUT2D eigenvalue weighted by atomic mass is 10.0. The number of carbonyl (C=O) groups is 1. The maximum Gasteiger partial charge on any atom is 0.449 e. The van der Waals surface area contributed by atoms with Crippen molar-refractivity contribution in [2.45, 2.75) is 18.6 Å². The quantitative estimate of drug-likeness (QED) is 0.584. The maximum atomic E-state index is 13.1. The third-order valence-electron chi connectivity index (χ3n) is 5.18. The highest BCUT2D eigenvalue weighted by Gasteiger charge is 2.39. The van der Waals surface area contributed by atoms with Crippen LogP contribution >= 0.6 is 0 Å². The highest BCUT2D eigenvalue weighted by molar-refractivity contribution is 6.04. The average Bonchev–Trinajstić information content (AvgIpc) is 3.46. The van der Waals surface area contributed by atoms with Gasteiger partial charge in [-0.15, -0.1) is 0 Å². The molecule has 2 aliphatic rings. The molecule has 1 atom stereocenters. The maximum absolute atomic E-state index is 13.1. The monoisotopic (exact) mass is 431 g/mol. The normalized spacial score (nSPS) is 17.2. The molecule has 0 saturated heterocycles. The largest absolute Gasteiger partial charge is 0.492 e. The number of alkyl halides is 3. The number of amides is 1. The van der Waals surface area contributed by atoms with E-state index in [0.717, 1.165) is 11.6 Å². The topological polar surface area (TPSA) is 61.1 Å². The van der Waals surface area contributed by atoms with Crippen molar-refractivity contribution in [3.63, 3.8) is 0 Å². The molecule has 2 aliphatic heterocycles. The molecule has 3 heterocycles. The number of benzene rings is 2. The number of fused-ring (bicyclic) bond motifs is 2. The van der Waals surface area contributed by atoms with E-state index in [1.54, 1.807) is 36.4 Å². The molecule has 160 valence electrons. The minimum absolute atomic E-state index is 0.0489. The van der Waals surface area contributed by atoms with Crippen LogP contribution in [0.4, 0.5) is 18.9 Å². The highest BCUT2D eigenvalue weighted by atomic mass is 19.4. The molecule has 1 aromatic heterocycles. The molecule has 31 heavy (non-hydrogen) atoms. The highest BCUT2D eigenvalue weighted by Crippen LogP contribution is 2.40. The van der Waals surface area contributed by atoms with Gasteiger partial charge in [0.1, 0.15) is 18.1 Å². The zero-order valence-corrected chi connectivity index (χ0v) is 16.0. The summed E-state index contributed by atoms with van der Waals surface area (Å²) in [5.74, 6) is -0.203. The molecule has 0 N–H and O–H groups in total. The van der Waals surface area contributed by atoms with E-state index in [4.69, 9.17) is 18.6 Å². The third-order valence-corrected chi connectivity index (χ3v) is 5.18. The second-order valence-electron chi connectivity index (χ2n) is 7.13. The van der Waals surface area contributed by atoms with Gasteiger partial charge in [-0.3, -0.25) is 4.79 Å². The van der Waals surface area contributed by atoms with Gasteiger partial charge in [0.15, 0.2) is 11.5 Å². The van der Waals surface area contributed by atoms with Crippen molar-refractivity contribution in [1.82, 2.24) is 0 Å². The second kappa shape index (κ2) is 7.26. The smallest absolute Gasteiger partial charge is 0.449 e. The van der Waals surface area contributed by atoms with Gasteiger partial charge in [0.2, 0.25) is 18.5 Å². The Balaban J connectivity index is 1.35. The summed E-state index contributed by atoms with van der Waals surface area (Å²) in [7, 11) is 0. The molecule has 0 aliphatic carbocycles. The summed E-state index contributed by atoms with van der Waals surface area (Å²) in [5.41, 5.74) is 1.37. The number of para-hydroxylation sites is 1. The number of furan rings is 1. The molecule has 1 amide bonds. The van der Waals surface area contributed by atoms with Gasteiger partial charge in [0.05, 0.1) is 12.5 Å². The van der Waals surface area contributed by atoms with Crippen LogP contribution in [0, 0.1) is 0 Å². The number of ether oxygens (including phenoxy) is 3. The molecule has 3 aromatic rings. The molecule has 1 unspecified atom stereocenters. The zero-order chi connectivity index (χ0) is 21.6. The van der Waals surface area contributed by atoms with Crippen LogP contribution in [0.2, 0.25) is 0 Å². The van der Waals surface area contributed by atoms with Crippen molar-refractivity contribution in [3.05, 3.63) is 71.7 Å². The lowest BCUT2D eigenvalue weighted by Gasteiger charge is -2.17. The van der Waals surface area contributed by atoms with E-state index in [9.17, 15) is 18.0 Å². The Morgan fingerprint density at radius 1 is 1.03 bits per heavy atom. The van der Waals surface area contributed by atoms with E-state index in [0.29, 0.717) is 22.9 Å². The number of hydrogen-bond donors (Lipinski definition) is 0. The van der Waals surface area contributed by atoms with Gasteiger partial charge in [-0.05, 0) is 35.9 Å². The summed E-state index contributed by atoms with van der Waals surface area (Å²) in [4.78, 5) is 14.5. The van der Waals surface area contributed by atoms with E-state index >= 15 is 0 Å². The standard InChI is InChI=1S/C22H16F3NO5/c23-22(24,25)20-8-6-14(31-20)10-26-17-4-2-1-3-15(17)16(21(26)27)11-28-13-5-7-18-19(9-13)30-12-29-18/h1-9,16H,10-12H2. The number of rotatable bonds is 5. The molecule has 0 radical (unpaired) electrons. The average molecular weight is 431 g/mol. The molecule has 6 nitrogen and oxygen atoms in total. The summed E-state index contributed by atoms with van der Waals surface area (Å²) >= 11 is 0. The Labute approximate surface area is 174 Å². The fourth-order valence-corrected chi connectivity index (χ4v) is 3.71. The minimum atomic E-state index is -4.58. The van der Waals surface area contributed by atoms with E-state index in [1.807, 2.05) is 6.07 Å². The van der Waals surface area contributed by atoms with Crippen LogP contribution in [0.25, 0.3) is 0 Å². The molecule has 2 aromatic carbocycles. The van der Waals surface area contributed by atoms with Gasteiger partial charge in [0.25, 0.3) is 0 Å². The predicted octanol–water partition coefficient (Wildman–Crippen LogP) is 4.74. The van der Waals surface area contributed by atoms with Crippen molar-refractivity contribution in [1.29, 1.82) is 0 Å². The van der Waals surface area contributed by atoms with Gasteiger partial charge >= 0.3 is 6.18 Å². The molecule has 0 bridgehead atoms. The van der Waals surface area contributed by atoms with Crippen molar-refractivity contribution in [3.8, 4) is 17.2 Å². The fourth-order valence-electron chi connectivity index (χ4n) is 3.71. The van der Waals surface area contributed by atoms with Crippen LogP contribution in [0.15, 0.2) is 59.0 Å². The third kappa shape index (κ3) is 3.56. The van der Waals surface area contributed by atoms with Crippen LogP contribution in [-0.4, -0.2) is 19.3 Å². The van der Waals surface area contributed by atoms with Crippen LogP contribution in [0.5, 0.6) is 17.2 Å². The van der Waals surface area contributed by atoms with Crippen LogP contribution < -0.4 is 19.1 Å². The molecule has 0 fully saturated rings. The molecule has 0 saturated carbocycles. The number of hydrogen-bond acceptors (Lipinski definition) is 5. The van der Waals surface area contributed by atoms with Gasteiger partial charge in [-0.1, -0.05) is 18.2 Å². The summed E-state index contributed by atoms with van der Waals surface area (Å²) < 4.78 is 59.8. The Morgan fingerprint density at radius 3 is 2.65 bits per heavy atom. The molecular formula is C22H16F3NO5. The first-order valence-corrected chi connectivity index (χ1v) is 9.49. The molecule has 0 spiro atoms. The molecule has 5 rings (SSSR count). The summed E-state index contributed by atoms with van der Waals surface area (Å²) in [6.45, 7) is 0.107. The summed E-state index contributed by atoms with van der Waals surface area (Å²) in [6, 6.07) is 14.4. The van der Waals surface area contributed by atoms with E-state index in [-0.39, 0.29) is 31.6 Å². The lowest BCUT2D eigenvalue weighted by molar-refractivity contribution is -0.153. The summed E-state index contributed by atoms with van der Waals surface area (Å²) in [5, 5.41) is 0. The van der Waals surface area contributed by atoms with Gasteiger partial charge in [0, 0.05) is 11.8 Å². The Bertz CT molecular complexity index is 1140. The molecule has 9 heteroatoms. The molecular weight excluding hydrogens is 415 g/mol. The Hall–Kier alpha value is -3.62. The zero-order valence-electron chi connectivity index (χ0n) is 16.0. The van der Waals surface area contributed by atoms with Crippen molar-refractivity contribution in [2.24, 2.45) is 0 Å². The van der Waals surface area contributed by atoms with Crippen molar-refractivity contribution < 1.29 is 36.6 Å². The van der Waals surface area contributed by atoms with Crippen LogP contribution in [0.3, 0.4) is 0 Å². The predicted molar refractivity (Wildman–Crippen MR) is 102 cm³/mol. The first-order chi connectivity index (χ1) is 14.9. The first-order valence-electron chi connectivity index (χ1n) is 9.49. The SMILES string of the molecule is O=C1C(COc2ccc3c(c2)OCO3)c2ccccc2N1Cc1ccc(C(F)(F)F)o1. The first kappa shape index (κ1) is 19.3. The van der Waals surface area contributed by atoms with Gasteiger partial charge in [-0.25, -0.2) is 0 Å².